The van der Waals surface area contributed by atoms with Gasteiger partial charge in [-0.2, -0.15) is 0 Å². The fourth-order valence-corrected chi connectivity index (χ4v) is 4.01. The predicted octanol–water partition coefficient (Wildman–Crippen LogP) is 3.16. The van der Waals surface area contributed by atoms with Gasteiger partial charge in [-0.05, 0) is 67.6 Å². The van der Waals surface area contributed by atoms with Gasteiger partial charge in [-0.3, -0.25) is 14.8 Å². The van der Waals surface area contributed by atoms with Gasteiger partial charge in [0.15, 0.2) is 0 Å². The van der Waals surface area contributed by atoms with Crippen LogP contribution >= 0.6 is 0 Å². The summed E-state index contributed by atoms with van der Waals surface area (Å²) in [6.45, 7) is 0.991. The lowest BCUT2D eigenvalue weighted by atomic mass is 10.0. The van der Waals surface area contributed by atoms with E-state index in [1.165, 1.54) is 0 Å². The van der Waals surface area contributed by atoms with E-state index in [1.807, 2.05) is 12.1 Å². The van der Waals surface area contributed by atoms with Crippen LogP contribution in [0.3, 0.4) is 0 Å². The fourth-order valence-electron chi connectivity index (χ4n) is 4.01. The van der Waals surface area contributed by atoms with E-state index in [1.54, 1.807) is 30.8 Å². The maximum Gasteiger partial charge on any atom is 0.243 e. The van der Waals surface area contributed by atoms with Gasteiger partial charge in [0, 0.05) is 6.42 Å². The van der Waals surface area contributed by atoms with E-state index < -0.39 is 11.9 Å². The standard InChI is InChI=1S/C25H34N4O5/c1-33-19-14-17-7-6-12-27-21(9-3-2-4-11-23(30)29-32)25(31)28-24-20(26)8-5-10-22(24)34-16-18(13-17)15-19/h5,8,10,13-15,21,27,32H,2-4,6-7,9,11-12,16,26H2,1H3,(H,28,31)(H,29,30)/t21-/m0/s1. The summed E-state index contributed by atoms with van der Waals surface area (Å²) in [6.07, 6.45) is 4.73. The Hall–Kier alpha value is -3.30. The number of carbonyl (C=O) groups excluding carboxylic acids is 2. The summed E-state index contributed by atoms with van der Waals surface area (Å²) < 4.78 is 11.5. The minimum absolute atomic E-state index is 0.173. The predicted molar refractivity (Wildman–Crippen MR) is 130 cm³/mol. The highest BCUT2D eigenvalue weighted by atomic mass is 16.5. The first-order chi connectivity index (χ1) is 16.5. The molecule has 0 unspecified atom stereocenters. The Morgan fingerprint density at radius 3 is 2.85 bits per heavy atom. The lowest BCUT2D eigenvalue weighted by Gasteiger charge is -2.21. The van der Waals surface area contributed by atoms with Crippen molar-refractivity contribution in [1.29, 1.82) is 0 Å². The third-order valence-electron chi connectivity index (χ3n) is 5.83. The number of rotatable bonds is 7. The van der Waals surface area contributed by atoms with Gasteiger partial charge < -0.3 is 25.8 Å². The number of fused-ring (bicyclic) bond motifs is 3. The molecule has 2 bridgehead atoms. The number of unbranched alkanes of at least 4 members (excludes halogenated alkanes) is 2. The molecule has 1 aliphatic heterocycles. The minimum Gasteiger partial charge on any atom is -0.497 e. The molecule has 6 N–H and O–H groups in total. The number of hydrogen-bond acceptors (Lipinski definition) is 7. The number of nitrogens with two attached hydrogens (primary N) is 1. The molecule has 0 saturated heterocycles. The van der Waals surface area contributed by atoms with Crippen molar-refractivity contribution in [3.63, 3.8) is 0 Å². The largest absolute Gasteiger partial charge is 0.497 e. The molecule has 2 amide bonds. The van der Waals surface area contributed by atoms with Crippen molar-refractivity contribution in [2.45, 2.75) is 57.6 Å². The molecular formula is C25H34N4O5. The van der Waals surface area contributed by atoms with Gasteiger partial charge in [0.25, 0.3) is 0 Å². The van der Waals surface area contributed by atoms with Crippen LogP contribution < -0.4 is 31.3 Å². The maximum absolute atomic E-state index is 13.2. The number of amides is 2. The Balaban J connectivity index is 1.76. The quantitative estimate of drug-likeness (QED) is 0.182. The molecule has 0 fully saturated rings. The van der Waals surface area contributed by atoms with Gasteiger partial charge >= 0.3 is 0 Å². The van der Waals surface area contributed by atoms with Gasteiger partial charge in [0.2, 0.25) is 11.8 Å². The van der Waals surface area contributed by atoms with Gasteiger partial charge in [0.05, 0.1) is 18.8 Å². The summed E-state index contributed by atoms with van der Waals surface area (Å²) in [7, 11) is 1.65. The molecule has 184 valence electrons. The summed E-state index contributed by atoms with van der Waals surface area (Å²) in [4.78, 5) is 24.3. The first kappa shape index (κ1) is 25.3. The monoisotopic (exact) mass is 470 g/mol. The number of nitrogen functional groups attached to an aromatic ring is 1. The number of carbonyl (C=O) groups is 2. The van der Waals surface area contributed by atoms with E-state index in [4.69, 9.17) is 20.4 Å². The van der Waals surface area contributed by atoms with Crippen LogP contribution in [0.2, 0.25) is 0 Å². The Morgan fingerprint density at radius 1 is 1.24 bits per heavy atom. The second-order valence-electron chi connectivity index (χ2n) is 8.43. The molecule has 1 heterocycles. The Morgan fingerprint density at radius 2 is 2.06 bits per heavy atom. The first-order valence-electron chi connectivity index (χ1n) is 11.7. The van der Waals surface area contributed by atoms with Crippen molar-refractivity contribution >= 4 is 23.2 Å². The topological polar surface area (TPSA) is 135 Å². The van der Waals surface area contributed by atoms with Crippen LogP contribution in [-0.2, 0) is 22.6 Å². The highest BCUT2D eigenvalue weighted by Gasteiger charge is 2.21. The van der Waals surface area contributed by atoms with Crippen LogP contribution in [0.15, 0.2) is 36.4 Å². The van der Waals surface area contributed by atoms with Crippen LogP contribution in [-0.4, -0.2) is 36.7 Å². The summed E-state index contributed by atoms with van der Waals surface area (Å²) >= 11 is 0. The normalized spacial score (nSPS) is 16.4. The van der Waals surface area contributed by atoms with Gasteiger partial charge in [-0.25, -0.2) is 5.48 Å². The molecule has 34 heavy (non-hydrogen) atoms. The molecular weight excluding hydrogens is 436 g/mol. The fraction of sp³-hybridized carbons (Fsp3) is 0.440. The Bertz CT molecular complexity index is 982. The number of nitrogens with one attached hydrogen (secondary N) is 3. The van der Waals surface area contributed by atoms with Crippen molar-refractivity contribution in [3.8, 4) is 11.5 Å². The molecule has 9 heteroatoms. The van der Waals surface area contributed by atoms with E-state index in [0.717, 1.165) is 42.6 Å². The summed E-state index contributed by atoms with van der Waals surface area (Å²) in [6, 6.07) is 11.0. The molecule has 1 atom stereocenters. The van der Waals surface area contributed by atoms with Gasteiger partial charge in [-0.1, -0.05) is 25.0 Å². The van der Waals surface area contributed by atoms with E-state index in [9.17, 15) is 9.59 Å². The molecule has 0 radical (unpaired) electrons. The molecule has 0 saturated carbocycles. The molecule has 0 aliphatic carbocycles. The number of hydroxylamine groups is 1. The Kier molecular flexibility index (Phi) is 9.54. The van der Waals surface area contributed by atoms with Crippen LogP contribution in [0.1, 0.15) is 49.7 Å². The van der Waals surface area contributed by atoms with Crippen molar-refractivity contribution in [2.24, 2.45) is 0 Å². The number of anilines is 2. The van der Waals surface area contributed by atoms with E-state index >= 15 is 0 Å². The summed E-state index contributed by atoms with van der Waals surface area (Å²) in [5.74, 6) is 0.711. The molecule has 2 aromatic carbocycles. The zero-order chi connectivity index (χ0) is 24.3. The molecule has 0 aromatic heterocycles. The lowest BCUT2D eigenvalue weighted by Crippen LogP contribution is -2.41. The van der Waals surface area contributed by atoms with Gasteiger partial charge in [0.1, 0.15) is 23.8 Å². The van der Waals surface area contributed by atoms with Gasteiger partial charge in [-0.15, -0.1) is 0 Å². The second-order valence-corrected chi connectivity index (χ2v) is 8.43. The zero-order valence-electron chi connectivity index (χ0n) is 19.6. The molecule has 2 aromatic rings. The number of para-hydroxylation sites is 1. The van der Waals surface area contributed by atoms with Crippen molar-refractivity contribution in [1.82, 2.24) is 10.8 Å². The second kappa shape index (κ2) is 12.8. The smallest absolute Gasteiger partial charge is 0.243 e. The molecule has 3 rings (SSSR count). The minimum atomic E-state index is -0.414. The number of benzene rings is 2. The molecule has 1 aliphatic rings. The summed E-state index contributed by atoms with van der Waals surface area (Å²) in [5.41, 5.74) is 10.8. The van der Waals surface area contributed by atoms with Crippen LogP contribution in [0.5, 0.6) is 11.5 Å². The third kappa shape index (κ3) is 7.36. The zero-order valence-corrected chi connectivity index (χ0v) is 19.6. The van der Waals surface area contributed by atoms with Crippen LogP contribution in [0.4, 0.5) is 11.4 Å². The first-order valence-corrected chi connectivity index (χ1v) is 11.7. The van der Waals surface area contributed by atoms with Crippen molar-refractivity contribution in [3.05, 3.63) is 47.5 Å². The highest BCUT2D eigenvalue weighted by molar-refractivity contribution is 5.99. The maximum atomic E-state index is 13.2. The number of hydrogen-bond donors (Lipinski definition) is 5. The lowest BCUT2D eigenvalue weighted by molar-refractivity contribution is -0.129. The summed E-state index contributed by atoms with van der Waals surface area (Å²) in [5, 5.41) is 14.9. The van der Waals surface area contributed by atoms with E-state index in [0.29, 0.717) is 43.1 Å². The van der Waals surface area contributed by atoms with Crippen molar-refractivity contribution < 1.29 is 24.3 Å². The highest BCUT2D eigenvalue weighted by Crippen LogP contribution is 2.32. The van der Waals surface area contributed by atoms with E-state index in [-0.39, 0.29) is 12.3 Å². The van der Waals surface area contributed by atoms with E-state index in [2.05, 4.69) is 16.7 Å². The molecule has 9 nitrogen and oxygen atoms in total. The average molecular weight is 471 g/mol. The third-order valence-corrected chi connectivity index (χ3v) is 5.83. The number of ether oxygens (including phenoxy) is 2. The average Bonchev–Trinajstić information content (AvgIpc) is 2.84. The number of methoxy groups -OCH3 is 1. The Labute approximate surface area is 200 Å². The van der Waals surface area contributed by atoms with Crippen LogP contribution in [0.25, 0.3) is 0 Å². The number of aryl methyl sites for hydroxylation is 1. The van der Waals surface area contributed by atoms with Crippen molar-refractivity contribution in [2.75, 3.05) is 24.7 Å². The molecule has 0 spiro atoms. The SMILES string of the molecule is COc1cc2cc(c1)COc1cccc(N)c1NC(=O)[C@H](CCCCCC(=O)NO)NCCC2. The van der Waals surface area contributed by atoms with Crippen LogP contribution in [0, 0.1) is 0 Å².